The molecule has 0 aromatic heterocycles. The van der Waals surface area contributed by atoms with Crippen LogP contribution in [-0.2, 0) is 97.3 Å². The van der Waals surface area contributed by atoms with Crippen LogP contribution in [0.25, 0.3) is 0 Å². The number of likely N-dealkylation sites (N-methyl/N-ethyl adjacent to an activating group) is 2. The van der Waals surface area contributed by atoms with Gasteiger partial charge in [0.2, 0.25) is 65.0 Å². The van der Waals surface area contributed by atoms with E-state index in [0.717, 1.165) is 4.90 Å². The topological polar surface area (TPSA) is 447 Å². The molecule has 4 saturated heterocycles. The van der Waals surface area contributed by atoms with Crippen LogP contribution in [-0.4, -0.2) is 227 Å². The summed E-state index contributed by atoms with van der Waals surface area (Å²) in [5.74, 6) is -16.3. The molecule has 0 radical (unpaired) electrons. The van der Waals surface area contributed by atoms with Crippen molar-refractivity contribution in [3.63, 3.8) is 0 Å². The van der Waals surface area contributed by atoms with E-state index in [2.05, 4.69) is 31.9 Å². The third kappa shape index (κ3) is 24.1. The fourth-order valence-corrected chi connectivity index (χ4v) is 13.6. The highest BCUT2D eigenvalue weighted by Gasteiger charge is 2.47. The molecule has 12 amide bonds. The van der Waals surface area contributed by atoms with Crippen LogP contribution in [0.4, 0.5) is 0 Å². The number of benzene rings is 1. The van der Waals surface area contributed by atoms with Gasteiger partial charge in [-0.25, -0.2) is 9.59 Å². The summed E-state index contributed by atoms with van der Waals surface area (Å²) in [4.78, 5) is 230. The molecule has 32 heteroatoms. The number of carbonyl (C=O) groups is 16. The number of hydrogen-bond donors (Lipinski definition) is 8. The van der Waals surface area contributed by atoms with Crippen LogP contribution >= 0.6 is 0 Å². The van der Waals surface area contributed by atoms with Crippen LogP contribution in [0.15, 0.2) is 24.3 Å². The summed E-state index contributed by atoms with van der Waals surface area (Å²) in [5, 5.41) is 15.9. The first kappa shape index (κ1) is 86.4. The number of carbonyl (C=O) groups excluding carboxylic acids is 16. The maximum absolute atomic E-state index is 15.4. The van der Waals surface area contributed by atoms with Crippen LogP contribution in [0.3, 0.4) is 0 Å². The standard InChI is InChI=1S/C73H112N12O20/c1-16-40(8)59-41(9)35-58(89)105-62(39(6)7)61(90)42(10)63(91)79-50(33-37(2)3)69(97)85-32-18-20-52(85)71(99)83(14)54(36-45-21-23-46(102-15)24-22-45)73(101)103-43(11)60(67(95)80-59)81-66(94)53(34-38(4)5)82(13)70(98)51-19-17-31-84(51)68(96)44(12)104-72(100)49(26-29-56(75)87)78-65(93)48(25-28-55(74)86)77-64(92)47-27-30-57(88)76-47/h21-24,37-44,47-54,59-60,62H,16-20,25-36H2,1-15H3,(H2,74,86)(H2,75,87)(H,76,88)(H,77,92)(H,78,93)(H,79,91)(H,80,95)(H,81,94)/t40-,41-,42-,43+,44?,47?,48?,49?,50-,51?,52?,53+,54-,59+,60-,62-/m0/s1. The number of ether oxygens (including phenoxy) is 4. The fraction of sp³-hybridized carbons (Fsp3) is 0.699. The van der Waals surface area contributed by atoms with Crippen LogP contribution in [0.1, 0.15) is 179 Å². The lowest BCUT2D eigenvalue weighted by molar-refractivity contribution is -0.163. The lowest BCUT2D eigenvalue weighted by Crippen LogP contribution is -2.62. The van der Waals surface area contributed by atoms with E-state index in [1.807, 2.05) is 27.7 Å². The summed E-state index contributed by atoms with van der Waals surface area (Å²) >= 11 is 0. The van der Waals surface area contributed by atoms with Crippen molar-refractivity contribution in [1.82, 2.24) is 51.5 Å². The Bertz CT molecular complexity index is 3330. The minimum absolute atomic E-state index is 0.0284. The van der Waals surface area contributed by atoms with E-state index in [0.29, 0.717) is 24.2 Å². The Morgan fingerprint density at radius 2 is 1.37 bits per heavy atom. The Morgan fingerprint density at radius 1 is 0.743 bits per heavy atom. The number of amides is 12. The summed E-state index contributed by atoms with van der Waals surface area (Å²) in [7, 11) is 4.19. The molecule has 4 fully saturated rings. The Hall–Kier alpha value is -9.26. The quantitative estimate of drug-likeness (QED) is 0.0345. The highest BCUT2D eigenvalue weighted by atomic mass is 16.6. The van der Waals surface area contributed by atoms with Crippen LogP contribution in [0.5, 0.6) is 5.75 Å². The third-order valence-electron chi connectivity index (χ3n) is 20.0. The van der Waals surface area contributed by atoms with Gasteiger partial charge in [0.25, 0.3) is 5.91 Å². The number of nitrogens with one attached hydrogen (secondary N) is 6. The normalized spacial score (nSPS) is 25.5. The predicted molar refractivity (Wildman–Crippen MR) is 379 cm³/mol. The summed E-state index contributed by atoms with van der Waals surface area (Å²) in [6, 6.07) is -6.61. The number of ketones is 1. The van der Waals surface area contributed by atoms with E-state index >= 15 is 24.0 Å². The van der Waals surface area contributed by atoms with Crippen molar-refractivity contribution in [3.05, 3.63) is 29.8 Å². The number of hydrogen-bond acceptors (Lipinski definition) is 20. The first-order valence-electron chi connectivity index (χ1n) is 36.6. The van der Waals surface area contributed by atoms with E-state index in [-0.39, 0.29) is 95.6 Å². The maximum Gasteiger partial charge on any atom is 0.329 e. The second kappa shape index (κ2) is 39.7. The molecule has 105 heavy (non-hydrogen) atoms. The molecule has 1 aromatic rings. The van der Waals surface area contributed by atoms with Crippen LogP contribution in [0.2, 0.25) is 0 Å². The Balaban J connectivity index is 1.52. The molecule has 0 aliphatic carbocycles. The SMILES string of the molecule is CC[C@H](C)[C@H]1NC(=O)[C@@H](NC(=O)[C@@H](CC(C)C)N(C)C(=O)C2CCCN2C(=O)C(C)OC(=O)C(CCC(N)=O)NC(=O)C(CCC(N)=O)NC(=O)C2CCC(=O)N2)[C@@H](C)OC(=O)[C@H](Cc2ccc(OC)cc2)N(C)C(=O)C2CCCN2C(=O)[C@H](CC(C)C)NC(=O)[C@@H](C)C(=O)[C@H](C(C)C)OC(=O)C[C@@H]1C. The third-order valence-corrected chi connectivity index (χ3v) is 20.0. The lowest BCUT2D eigenvalue weighted by atomic mass is 9.86. The average molecular weight is 1480 g/mol. The van der Waals surface area contributed by atoms with E-state index in [1.54, 1.807) is 58.9 Å². The molecule has 10 N–H and O–H groups in total. The van der Waals surface area contributed by atoms with E-state index in [4.69, 9.17) is 30.4 Å². The second-order valence-electron chi connectivity index (χ2n) is 29.6. The van der Waals surface area contributed by atoms with Gasteiger partial charge >= 0.3 is 17.9 Å². The first-order chi connectivity index (χ1) is 49.3. The van der Waals surface area contributed by atoms with E-state index < -0.39 is 210 Å². The van der Waals surface area contributed by atoms with Gasteiger partial charge in [-0.3, -0.25) is 67.1 Å². The van der Waals surface area contributed by atoms with Gasteiger partial charge in [0.1, 0.15) is 66.2 Å². The largest absolute Gasteiger partial charge is 0.497 e. The average Bonchev–Trinajstić information content (AvgIpc) is 1.74. The van der Waals surface area contributed by atoms with E-state index in [1.165, 1.54) is 56.7 Å². The molecule has 6 unspecified atom stereocenters. The summed E-state index contributed by atoms with van der Waals surface area (Å²) in [6.45, 7) is 19.9. The summed E-state index contributed by atoms with van der Waals surface area (Å²) in [6.07, 6.45) is -5.27. The highest BCUT2D eigenvalue weighted by molar-refractivity contribution is 6.05. The number of nitrogens with zero attached hydrogens (tertiary/aromatic N) is 4. The first-order valence-corrected chi connectivity index (χ1v) is 36.6. The van der Waals surface area contributed by atoms with Gasteiger partial charge in [0.05, 0.1) is 19.4 Å². The maximum atomic E-state index is 15.4. The second-order valence-corrected chi connectivity index (χ2v) is 29.6. The van der Waals surface area contributed by atoms with Gasteiger partial charge in [-0.15, -0.1) is 0 Å². The monoisotopic (exact) mass is 1480 g/mol. The number of fused-ring (bicyclic) bond motifs is 1. The van der Waals surface area contributed by atoms with E-state index in [9.17, 15) is 52.7 Å². The molecule has 32 nitrogen and oxygen atoms in total. The van der Waals surface area contributed by atoms with Crippen molar-refractivity contribution < 1.29 is 95.7 Å². The van der Waals surface area contributed by atoms with Crippen molar-refractivity contribution in [3.8, 4) is 5.75 Å². The lowest BCUT2D eigenvalue weighted by Gasteiger charge is -2.37. The van der Waals surface area contributed by atoms with Crippen molar-refractivity contribution in [1.29, 1.82) is 0 Å². The Morgan fingerprint density at radius 3 is 1.94 bits per heavy atom. The molecule has 16 atom stereocenters. The van der Waals surface area contributed by atoms with Gasteiger partial charge in [0.15, 0.2) is 18.0 Å². The number of rotatable bonds is 27. The van der Waals surface area contributed by atoms with Crippen LogP contribution < -0.4 is 48.1 Å². The van der Waals surface area contributed by atoms with Gasteiger partial charge in [-0.05, 0) is 126 Å². The zero-order chi connectivity index (χ0) is 78.6. The van der Waals surface area contributed by atoms with Crippen molar-refractivity contribution in [2.45, 2.75) is 258 Å². The van der Waals surface area contributed by atoms with Gasteiger partial charge in [-0.2, -0.15) is 0 Å². The molecule has 1 aromatic carbocycles. The molecule has 0 spiro atoms. The smallest absolute Gasteiger partial charge is 0.329 e. The molecule has 4 aliphatic heterocycles. The number of methoxy groups -OCH3 is 1. The molecule has 584 valence electrons. The minimum Gasteiger partial charge on any atom is -0.497 e. The molecule has 4 aliphatic rings. The van der Waals surface area contributed by atoms with Gasteiger partial charge in [-0.1, -0.05) is 80.9 Å². The van der Waals surface area contributed by atoms with Crippen LogP contribution in [0, 0.1) is 35.5 Å². The zero-order valence-electron chi connectivity index (χ0n) is 63.4. The molecule has 5 rings (SSSR count). The number of esters is 3. The van der Waals surface area contributed by atoms with Crippen molar-refractivity contribution in [2.24, 2.45) is 47.0 Å². The molecule has 4 heterocycles. The number of cyclic esters (lactones) is 2. The number of primary amides is 2. The van der Waals surface area contributed by atoms with Gasteiger partial charge < -0.3 is 81.9 Å². The fourth-order valence-electron chi connectivity index (χ4n) is 13.6. The molecule has 0 saturated carbocycles. The molecular weight excluding hydrogens is 1360 g/mol. The number of likely N-dealkylation sites (tertiary alicyclic amines) is 1. The molecular formula is C73H112N12O20. The van der Waals surface area contributed by atoms with Gasteiger partial charge in [0, 0.05) is 58.9 Å². The molecule has 0 bridgehead atoms. The summed E-state index contributed by atoms with van der Waals surface area (Å²) < 4.78 is 23.2. The number of Topliss-reactive ketones (excluding diaryl/α,β-unsaturated/α-hetero) is 1. The Kier molecular flexibility index (Phi) is 32.7. The zero-order valence-corrected chi connectivity index (χ0v) is 63.4. The van der Waals surface area contributed by atoms with Crippen molar-refractivity contribution >= 4 is 94.6 Å². The highest BCUT2D eigenvalue weighted by Crippen LogP contribution is 2.29. The minimum atomic E-state index is -1.79. The number of nitrogens with two attached hydrogens (primary N) is 2. The van der Waals surface area contributed by atoms with Crippen molar-refractivity contribution in [2.75, 3.05) is 34.3 Å². The Labute approximate surface area is 614 Å². The predicted octanol–water partition coefficient (Wildman–Crippen LogP) is 0.922. The summed E-state index contributed by atoms with van der Waals surface area (Å²) in [5.41, 5.74) is 11.3.